The Kier molecular flexibility index (Phi) is 7.47. The summed E-state index contributed by atoms with van der Waals surface area (Å²) in [7, 11) is 0. The van der Waals surface area contributed by atoms with Gasteiger partial charge in [-0.3, -0.25) is 0 Å². The van der Waals surface area contributed by atoms with Gasteiger partial charge in [-0.25, -0.2) is 0 Å². The van der Waals surface area contributed by atoms with Gasteiger partial charge < -0.3 is 5.73 Å². The average Bonchev–Trinajstić information content (AvgIpc) is 2.43. The van der Waals surface area contributed by atoms with E-state index < -0.39 is 0 Å². The zero-order chi connectivity index (χ0) is 16.0. The number of anilines is 1. The Morgan fingerprint density at radius 1 is 0.714 bits per heavy atom. The van der Waals surface area contributed by atoms with E-state index in [0.717, 1.165) is 14.6 Å². The maximum Gasteiger partial charge on any atom is 0.0320 e. The van der Waals surface area contributed by atoms with Gasteiger partial charge in [0.05, 0.1) is 0 Å². The molecule has 0 spiro atoms. The topological polar surface area (TPSA) is 26.0 Å². The van der Waals surface area contributed by atoms with Crippen molar-refractivity contribution in [2.45, 2.75) is 39.5 Å². The summed E-state index contributed by atoms with van der Waals surface area (Å²) < 4.78 is 2.24. The molecule has 0 aliphatic heterocycles. The molecule has 0 atom stereocenters. The predicted molar refractivity (Wildman–Crippen MR) is 101 cm³/mol. The largest absolute Gasteiger partial charge is 0.399 e. The van der Waals surface area contributed by atoms with Crippen molar-refractivity contribution in [2.75, 3.05) is 5.73 Å². The molecular formula is C18H23Br2N. The average molecular weight is 413 g/mol. The van der Waals surface area contributed by atoms with Crippen LogP contribution in [0, 0.1) is 0 Å². The minimum Gasteiger partial charge on any atom is -0.399 e. The van der Waals surface area contributed by atoms with E-state index >= 15 is 0 Å². The highest BCUT2D eigenvalue weighted by Gasteiger charge is 2.01. The maximum absolute atomic E-state index is 5.53. The SMILES string of the molecule is CC(C)c1ccc(Br)c(Br)c1.CC(C)c1ccc(N)cc1. The molecule has 2 aromatic carbocycles. The minimum absolute atomic E-state index is 0.597. The van der Waals surface area contributed by atoms with Crippen molar-refractivity contribution in [2.24, 2.45) is 0 Å². The number of hydrogen-bond donors (Lipinski definition) is 1. The molecule has 3 heteroatoms. The number of nitrogens with two attached hydrogens (primary N) is 1. The third-order valence-corrected chi connectivity index (χ3v) is 5.09. The Hall–Kier alpha value is -0.800. The van der Waals surface area contributed by atoms with Crippen LogP contribution in [0.5, 0.6) is 0 Å². The van der Waals surface area contributed by atoms with E-state index in [1.54, 1.807) is 0 Å². The molecule has 0 saturated carbocycles. The minimum atomic E-state index is 0.597. The standard InChI is InChI=1S/C9H10Br2.C9H13N/c1-6(2)7-3-4-8(10)9(11)5-7;1-7(2)8-3-5-9(10)6-4-8/h3-6H,1-2H3;3-7H,10H2,1-2H3. The molecule has 2 N–H and O–H groups in total. The summed E-state index contributed by atoms with van der Waals surface area (Å²) in [4.78, 5) is 0. The third-order valence-electron chi connectivity index (χ3n) is 3.21. The van der Waals surface area contributed by atoms with Gasteiger partial charge in [0.2, 0.25) is 0 Å². The van der Waals surface area contributed by atoms with E-state index in [1.165, 1.54) is 11.1 Å². The molecule has 0 saturated heterocycles. The van der Waals surface area contributed by atoms with Gasteiger partial charge in [-0.15, -0.1) is 0 Å². The molecule has 1 nitrogen and oxygen atoms in total. The highest BCUT2D eigenvalue weighted by atomic mass is 79.9. The summed E-state index contributed by atoms with van der Waals surface area (Å²) in [5, 5.41) is 0. The van der Waals surface area contributed by atoms with Crippen LogP contribution in [0.2, 0.25) is 0 Å². The van der Waals surface area contributed by atoms with Crippen molar-refractivity contribution >= 4 is 37.5 Å². The quantitative estimate of drug-likeness (QED) is 0.543. The number of rotatable bonds is 2. The lowest BCUT2D eigenvalue weighted by atomic mass is 10.0. The van der Waals surface area contributed by atoms with Gasteiger partial charge in [-0.1, -0.05) is 45.9 Å². The Morgan fingerprint density at radius 3 is 1.62 bits per heavy atom. The first-order valence-corrected chi connectivity index (χ1v) is 8.70. The Morgan fingerprint density at radius 2 is 1.19 bits per heavy atom. The summed E-state index contributed by atoms with van der Waals surface area (Å²) in [6.45, 7) is 8.72. The zero-order valence-corrected chi connectivity index (χ0v) is 16.2. The summed E-state index contributed by atoms with van der Waals surface area (Å²) >= 11 is 6.90. The monoisotopic (exact) mass is 411 g/mol. The fourth-order valence-electron chi connectivity index (χ4n) is 1.75. The Labute approximate surface area is 145 Å². The smallest absolute Gasteiger partial charge is 0.0320 e. The van der Waals surface area contributed by atoms with Crippen molar-refractivity contribution in [3.63, 3.8) is 0 Å². The van der Waals surface area contributed by atoms with Crippen molar-refractivity contribution in [3.05, 3.63) is 62.5 Å². The van der Waals surface area contributed by atoms with Crippen LogP contribution in [0.25, 0.3) is 0 Å². The fourth-order valence-corrected chi connectivity index (χ4v) is 2.40. The van der Waals surface area contributed by atoms with E-state index in [0.29, 0.717) is 11.8 Å². The third kappa shape index (κ3) is 6.23. The van der Waals surface area contributed by atoms with Gasteiger partial charge in [0.1, 0.15) is 0 Å². The van der Waals surface area contributed by atoms with Crippen LogP contribution in [0.3, 0.4) is 0 Å². The predicted octanol–water partition coefficient (Wildman–Crippen LogP) is 6.73. The molecule has 0 aliphatic rings. The van der Waals surface area contributed by atoms with Crippen LogP contribution in [0.4, 0.5) is 5.69 Å². The van der Waals surface area contributed by atoms with Gasteiger partial charge >= 0.3 is 0 Å². The molecule has 0 amide bonds. The van der Waals surface area contributed by atoms with Crippen LogP contribution in [0.1, 0.15) is 50.7 Å². The van der Waals surface area contributed by atoms with E-state index in [-0.39, 0.29) is 0 Å². The highest BCUT2D eigenvalue weighted by Crippen LogP contribution is 2.26. The van der Waals surface area contributed by atoms with Crippen molar-refractivity contribution in [1.29, 1.82) is 0 Å². The molecule has 0 aromatic heterocycles. The summed E-state index contributed by atoms with van der Waals surface area (Å²) in [5.41, 5.74) is 9.07. The first kappa shape index (κ1) is 18.2. The lowest BCUT2D eigenvalue weighted by molar-refractivity contribution is 0.865. The summed E-state index contributed by atoms with van der Waals surface area (Å²) in [5.74, 6) is 1.19. The Bertz CT molecular complexity index is 560. The van der Waals surface area contributed by atoms with Crippen molar-refractivity contribution < 1.29 is 0 Å². The van der Waals surface area contributed by atoms with Gasteiger partial charge in [0.25, 0.3) is 0 Å². The molecule has 0 unspecified atom stereocenters. The number of nitrogen functional groups attached to an aromatic ring is 1. The number of hydrogen-bond acceptors (Lipinski definition) is 1. The lowest BCUT2D eigenvalue weighted by Crippen LogP contribution is -1.88. The zero-order valence-electron chi connectivity index (χ0n) is 13.0. The van der Waals surface area contributed by atoms with Gasteiger partial charge in [-0.2, -0.15) is 0 Å². The highest BCUT2D eigenvalue weighted by molar-refractivity contribution is 9.13. The molecule has 21 heavy (non-hydrogen) atoms. The van der Waals surface area contributed by atoms with Crippen LogP contribution in [-0.2, 0) is 0 Å². The molecule has 0 radical (unpaired) electrons. The van der Waals surface area contributed by atoms with E-state index in [4.69, 9.17) is 5.73 Å². The first-order valence-electron chi connectivity index (χ1n) is 7.11. The first-order chi connectivity index (χ1) is 9.81. The number of halogens is 2. The Balaban J connectivity index is 0.000000211. The molecular weight excluding hydrogens is 390 g/mol. The van der Waals surface area contributed by atoms with E-state index in [2.05, 4.69) is 89.9 Å². The molecule has 0 aliphatic carbocycles. The number of benzene rings is 2. The van der Waals surface area contributed by atoms with Crippen LogP contribution < -0.4 is 5.73 Å². The van der Waals surface area contributed by atoms with Crippen LogP contribution in [0.15, 0.2) is 51.4 Å². The fraction of sp³-hybridized carbons (Fsp3) is 0.333. The molecule has 0 bridgehead atoms. The molecule has 0 fully saturated rings. The molecule has 114 valence electrons. The second kappa shape index (κ2) is 8.60. The van der Waals surface area contributed by atoms with E-state index in [9.17, 15) is 0 Å². The molecule has 2 rings (SSSR count). The second-order valence-electron chi connectivity index (χ2n) is 5.65. The van der Waals surface area contributed by atoms with Crippen molar-refractivity contribution in [3.8, 4) is 0 Å². The molecule has 0 heterocycles. The van der Waals surface area contributed by atoms with Crippen molar-refractivity contribution in [1.82, 2.24) is 0 Å². The second-order valence-corrected chi connectivity index (χ2v) is 7.36. The molecule has 2 aromatic rings. The van der Waals surface area contributed by atoms with Gasteiger partial charge in [-0.05, 0) is 79.1 Å². The van der Waals surface area contributed by atoms with E-state index in [1.807, 2.05) is 12.1 Å². The maximum atomic E-state index is 5.53. The summed E-state index contributed by atoms with van der Waals surface area (Å²) in [6, 6.07) is 14.4. The van der Waals surface area contributed by atoms with Gasteiger partial charge in [0.15, 0.2) is 0 Å². The normalized spacial score (nSPS) is 10.5. The van der Waals surface area contributed by atoms with Crippen LogP contribution >= 0.6 is 31.9 Å². The van der Waals surface area contributed by atoms with Gasteiger partial charge in [0, 0.05) is 14.6 Å². The lowest BCUT2D eigenvalue weighted by Gasteiger charge is -2.05. The van der Waals surface area contributed by atoms with Crippen LogP contribution in [-0.4, -0.2) is 0 Å². The summed E-state index contributed by atoms with van der Waals surface area (Å²) in [6.07, 6.45) is 0.